The van der Waals surface area contributed by atoms with Crippen LogP contribution in [0.4, 0.5) is 0 Å². The molecule has 106 valence electrons. The van der Waals surface area contributed by atoms with Gasteiger partial charge in [-0.15, -0.1) is 5.10 Å². The van der Waals surface area contributed by atoms with Crippen molar-refractivity contribution in [3.8, 4) is 0 Å². The lowest BCUT2D eigenvalue weighted by Gasteiger charge is -2.23. The summed E-state index contributed by atoms with van der Waals surface area (Å²) in [5.74, 6) is 0.342. The molecule has 1 aromatic heterocycles. The van der Waals surface area contributed by atoms with E-state index in [1.165, 1.54) is 0 Å². The second-order valence-corrected chi connectivity index (χ2v) is 5.71. The number of aromatic nitrogens is 3. The molecular weight excluding hydrogens is 264 g/mol. The quantitative estimate of drug-likeness (QED) is 0.764. The highest BCUT2D eigenvalue weighted by Crippen LogP contribution is 2.27. The van der Waals surface area contributed by atoms with Crippen LogP contribution in [0.1, 0.15) is 41.4 Å². The van der Waals surface area contributed by atoms with E-state index in [9.17, 15) is 9.90 Å². The van der Waals surface area contributed by atoms with Crippen molar-refractivity contribution >= 4 is 17.7 Å². The Kier molecular flexibility index (Phi) is 5.21. The van der Waals surface area contributed by atoms with Gasteiger partial charge in [0.1, 0.15) is 0 Å². The lowest BCUT2D eigenvalue weighted by atomic mass is 9.93. The summed E-state index contributed by atoms with van der Waals surface area (Å²) in [6.45, 7) is 2.61. The number of thioether (sulfide) groups is 1. The molecule has 0 spiro atoms. The van der Waals surface area contributed by atoms with Crippen LogP contribution in [0.5, 0.6) is 0 Å². The number of piperidine rings is 1. The van der Waals surface area contributed by atoms with Crippen LogP contribution in [-0.2, 0) is 6.54 Å². The largest absolute Gasteiger partial charge is 0.476 e. The van der Waals surface area contributed by atoms with E-state index >= 15 is 0 Å². The van der Waals surface area contributed by atoms with Gasteiger partial charge in [0, 0.05) is 12.5 Å². The van der Waals surface area contributed by atoms with Crippen molar-refractivity contribution in [3.05, 3.63) is 11.4 Å². The molecule has 0 aliphatic carbocycles. The van der Waals surface area contributed by atoms with Crippen LogP contribution in [0.25, 0.3) is 0 Å². The third kappa shape index (κ3) is 3.48. The van der Waals surface area contributed by atoms with Crippen molar-refractivity contribution < 1.29 is 9.90 Å². The Morgan fingerprint density at radius 3 is 2.89 bits per heavy atom. The maximum absolute atomic E-state index is 11.3. The molecule has 0 radical (unpaired) electrons. The van der Waals surface area contributed by atoms with Gasteiger partial charge in [-0.25, -0.2) is 9.48 Å². The Bertz CT molecular complexity index is 429. The number of carboxylic acid groups (broad SMARTS) is 1. The first-order valence-electron chi connectivity index (χ1n) is 6.60. The number of hydrogen-bond donors (Lipinski definition) is 2. The van der Waals surface area contributed by atoms with E-state index in [0.717, 1.165) is 50.3 Å². The highest BCUT2D eigenvalue weighted by Gasteiger charge is 2.27. The van der Waals surface area contributed by atoms with Gasteiger partial charge in [0.15, 0.2) is 5.69 Å². The van der Waals surface area contributed by atoms with E-state index in [2.05, 4.69) is 21.9 Å². The van der Waals surface area contributed by atoms with Crippen molar-refractivity contribution in [3.63, 3.8) is 0 Å². The van der Waals surface area contributed by atoms with Gasteiger partial charge >= 0.3 is 5.97 Å². The third-order valence-electron chi connectivity index (χ3n) is 3.42. The summed E-state index contributed by atoms with van der Waals surface area (Å²) in [6, 6.07) is 0. The summed E-state index contributed by atoms with van der Waals surface area (Å²) in [5, 5.41) is 20.4. The fourth-order valence-electron chi connectivity index (χ4n) is 2.50. The molecular formula is C12H20N4O2S. The van der Waals surface area contributed by atoms with Crippen LogP contribution in [0, 0.1) is 0 Å². The fraction of sp³-hybridized carbons (Fsp3) is 0.750. The highest BCUT2D eigenvalue weighted by atomic mass is 32.2. The van der Waals surface area contributed by atoms with Gasteiger partial charge in [-0.2, -0.15) is 11.8 Å². The summed E-state index contributed by atoms with van der Waals surface area (Å²) in [5.41, 5.74) is 0.950. The third-order valence-corrected chi connectivity index (χ3v) is 4.12. The molecule has 1 saturated heterocycles. The van der Waals surface area contributed by atoms with E-state index in [0.29, 0.717) is 0 Å². The minimum absolute atomic E-state index is 0.135. The Balaban J connectivity index is 2.19. The molecule has 2 rings (SSSR count). The van der Waals surface area contributed by atoms with Crippen molar-refractivity contribution in [2.45, 2.75) is 31.7 Å². The van der Waals surface area contributed by atoms with Crippen LogP contribution in [0.2, 0.25) is 0 Å². The lowest BCUT2D eigenvalue weighted by Crippen LogP contribution is -2.28. The lowest BCUT2D eigenvalue weighted by molar-refractivity contribution is 0.0688. The van der Waals surface area contributed by atoms with E-state index in [1.807, 2.05) is 0 Å². The zero-order valence-corrected chi connectivity index (χ0v) is 11.9. The predicted octanol–water partition coefficient (Wildman–Crippen LogP) is 1.20. The molecule has 0 unspecified atom stereocenters. The smallest absolute Gasteiger partial charge is 0.358 e. The zero-order valence-electron chi connectivity index (χ0n) is 11.1. The Hall–Kier alpha value is -1.08. The summed E-state index contributed by atoms with van der Waals surface area (Å²) >= 11 is 1.79. The monoisotopic (exact) mass is 284 g/mol. The molecule has 7 heteroatoms. The predicted molar refractivity (Wildman–Crippen MR) is 74.8 cm³/mol. The second kappa shape index (κ2) is 6.91. The summed E-state index contributed by atoms with van der Waals surface area (Å²) in [6.07, 6.45) is 4.96. The van der Waals surface area contributed by atoms with Crippen LogP contribution < -0.4 is 5.32 Å². The summed E-state index contributed by atoms with van der Waals surface area (Å²) in [4.78, 5) is 11.3. The number of aromatic carboxylic acids is 1. The number of carboxylic acids is 1. The molecule has 6 nitrogen and oxygen atoms in total. The van der Waals surface area contributed by atoms with Crippen LogP contribution in [0.15, 0.2) is 0 Å². The Morgan fingerprint density at radius 2 is 2.26 bits per heavy atom. The second-order valence-electron chi connectivity index (χ2n) is 4.72. The number of aryl methyl sites for hydroxylation is 1. The molecule has 0 amide bonds. The van der Waals surface area contributed by atoms with E-state index in [1.54, 1.807) is 16.4 Å². The topological polar surface area (TPSA) is 80.0 Å². The molecule has 0 atom stereocenters. The van der Waals surface area contributed by atoms with Crippen molar-refractivity contribution in [2.24, 2.45) is 0 Å². The highest BCUT2D eigenvalue weighted by molar-refractivity contribution is 7.98. The molecule has 1 aromatic rings. The summed E-state index contributed by atoms with van der Waals surface area (Å²) < 4.78 is 1.80. The molecule has 1 aliphatic heterocycles. The van der Waals surface area contributed by atoms with E-state index in [-0.39, 0.29) is 11.6 Å². The first-order chi connectivity index (χ1) is 9.24. The maximum atomic E-state index is 11.3. The number of hydrogen-bond acceptors (Lipinski definition) is 5. The Labute approximate surface area is 116 Å². The van der Waals surface area contributed by atoms with Gasteiger partial charge in [-0.3, -0.25) is 0 Å². The van der Waals surface area contributed by atoms with Crippen molar-refractivity contribution in [2.75, 3.05) is 25.1 Å². The van der Waals surface area contributed by atoms with Gasteiger partial charge in [-0.05, 0) is 44.4 Å². The van der Waals surface area contributed by atoms with Gasteiger partial charge < -0.3 is 10.4 Å². The number of carbonyl (C=O) groups is 1. The van der Waals surface area contributed by atoms with Crippen molar-refractivity contribution in [1.29, 1.82) is 0 Å². The summed E-state index contributed by atoms with van der Waals surface area (Å²) in [7, 11) is 0. The molecule has 1 fully saturated rings. The molecule has 19 heavy (non-hydrogen) atoms. The standard InChI is InChI=1S/C12H20N4O2S/c1-19-8-2-7-16-11(9-3-5-13-6-4-9)10(12(17)18)14-15-16/h9,13H,2-8H2,1H3,(H,17,18). The average molecular weight is 284 g/mol. The molecule has 2 heterocycles. The molecule has 0 bridgehead atoms. The minimum Gasteiger partial charge on any atom is -0.476 e. The van der Waals surface area contributed by atoms with Crippen LogP contribution >= 0.6 is 11.8 Å². The first-order valence-corrected chi connectivity index (χ1v) is 7.99. The molecule has 1 aliphatic rings. The van der Waals surface area contributed by atoms with Gasteiger partial charge in [0.05, 0.1) is 5.69 Å². The van der Waals surface area contributed by atoms with Gasteiger partial charge in [0.25, 0.3) is 0 Å². The molecule has 0 aromatic carbocycles. The van der Waals surface area contributed by atoms with Gasteiger partial charge in [-0.1, -0.05) is 5.21 Å². The minimum atomic E-state index is -0.968. The zero-order chi connectivity index (χ0) is 13.7. The maximum Gasteiger partial charge on any atom is 0.358 e. The number of nitrogens with zero attached hydrogens (tertiary/aromatic N) is 3. The van der Waals surface area contributed by atoms with E-state index in [4.69, 9.17) is 0 Å². The Morgan fingerprint density at radius 1 is 1.53 bits per heavy atom. The molecule has 0 saturated carbocycles. The normalized spacial score (nSPS) is 16.7. The average Bonchev–Trinajstić information content (AvgIpc) is 2.84. The van der Waals surface area contributed by atoms with Crippen LogP contribution in [-0.4, -0.2) is 51.2 Å². The first kappa shape index (κ1) is 14.3. The van der Waals surface area contributed by atoms with E-state index < -0.39 is 5.97 Å². The van der Waals surface area contributed by atoms with Crippen molar-refractivity contribution in [1.82, 2.24) is 20.3 Å². The SMILES string of the molecule is CSCCCn1nnc(C(=O)O)c1C1CCNCC1. The fourth-order valence-corrected chi connectivity index (χ4v) is 2.91. The number of nitrogens with one attached hydrogen (secondary N) is 1. The number of rotatable bonds is 6. The molecule has 2 N–H and O–H groups in total. The van der Waals surface area contributed by atoms with Crippen LogP contribution in [0.3, 0.4) is 0 Å². The van der Waals surface area contributed by atoms with Gasteiger partial charge in [0.2, 0.25) is 0 Å².